The van der Waals surface area contributed by atoms with Crippen LogP contribution in [0.25, 0.3) is 0 Å². The Morgan fingerprint density at radius 1 is 0.595 bits per heavy atom. The van der Waals surface area contributed by atoms with Gasteiger partial charge in [-0.2, -0.15) is 0 Å². The van der Waals surface area contributed by atoms with E-state index < -0.39 is 0 Å². The number of carbonyl (C=O) groups excluding carboxylic acids is 2. The highest BCUT2D eigenvalue weighted by atomic mass is 35.5. The maximum atomic E-state index is 12.3. The molecule has 12 heteroatoms. The van der Waals surface area contributed by atoms with Crippen LogP contribution in [0.4, 0.5) is 0 Å². The average Bonchev–Trinajstić information content (AvgIpc) is 3.01. The van der Waals surface area contributed by atoms with Gasteiger partial charge in [-0.15, -0.1) is 11.6 Å². The van der Waals surface area contributed by atoms with Crippen LogP contribution in [0.3, 0.4) is 0 Å². The number of rotatable bonds is 31. The van der Waals surface area contributed by atoms with Crippen LogP contribution in [0.5, 0.6) is 0 Å². The van der Waals surface area contributed by atoms with Gasteiger partial charge in [0.25, 0.3) is 5.91 Å². The second-order valence-electron chi connectivity index (χ2n) is 9.40. The maximum absolute atomic E-state index is 12.3. The van der Waals surface area contributed by atoms with Crippen molar-refractivity contribution < 1.29 is 38.0 Å². The summed E-state index contributed by atoms with van der Waals surface area (Å²) in [7, 11) is 0. The summed E-state index contributed by atoms with van der Waals surface area (Å²) in [5, 5.41) is 2.85. The molecular formula is C30H50Cl2N2O8. The summed E-state index contributed by atoms with van der Waals surface area (Å²) in [5.41, 5.74) is 1.59. The number of Topliss-reactive ketones (excluding diaryl/α,β-unsaturated/α-hetero) is 1. The van der Waals surface area contributed by atoms with Crippen LogP contribution in [-0.2, 0) is 39.6 Å². The van der Waals surface area contributed by atoms with Crippen molar-refractivity contribution in [1.82, 2.24) is 10.2 Å². The Kier molecular flexibility index (Phi) is 27.4. The van der Waals surface area contributed by atoms with Gasteiger partial charge in [0, 0.05) is 44.0 Å². The summed E-state index contributed by atoms with van der Waals surface area (Å²) >= 11 is 11.0. The number of hydrogen-bond donors (Lipinski definition) is 2. The Balaban J connectivity index is 1.95. The van der Waals surface area contributed by atoms with Crippen LogP contribution in [0.15, 0.2) is 24.3 Å². The Bertz CT molecular complexity index is 774. The van der Waals surface area contributed by atoms with E-state index in [-0.39, 0.29) is 11.7 Å². The third kappa shape index (κ3) is 24.1. The predicted octanol–water partition coefficient (Wildman–Crippen LogP) is 3.95. The fourth-order valence-electron chi connectivity index (χ4n) is 3.60. The van der Waals surface area contributed by atoms with Gasteiger partial charge in [-0.1, -0.05) is 25.0 Å². The number of benzene rings is 1. The lowest BCUT2D eigenvalue weighted by atomic mass is 10.0. The highest BCUT2D eigenvalue weighted by Crippen LogP contribution is 2.08. The van der Waals surface area contributed by atoms with Gasteiger partial charge in [0.2, 0.25) is 0 Å². The Labute approximate surface area is 261 Å². The molecule has 1 aromatic carbocycles. The van der Waals surface area contributed by atoms with Gasteiger partial charge in [0.1, 0.15) is 5.78 Å². The zero-order chi connectivity index (χ0) is 30.4. The lowest BCUT2D eigenvalue weighted by Crippen LogP contribution is -2.27. The van der Waals surface area contributed by atoms with Gasteiger partial charge in [0.15, 0.2) is 0 Å². The molecule has 1 rings (SSSR count). The lowest BCUT2D eigenvalue weighted by Gasteiger charge is -2.08. The number of ketones is 1. The summed E-state index contributed by atoms with van der Waals surface area (Å²) in [6.45, 7) is 7.05. The van der Waals surface area contributed by atoms with E-state index in [2.05, 4.69) is 10.2 Å². The first-order valence-corrected chi connectivity index (χ1v) is 15.8. The first-order chi connectivity index (χ1) is 20.7. The van der Waals surface area contributed by atoms with Crippen LogP contribution in [-0.4, -0.2) is 110 Å². The van der Waals surface area contributed by atoms with Gasteiger partial charge in [-0.3, -0.25) is 9.59 Å². The smallest absolute Gasteiger partial charge is 0.251 e. The Hall–Kier alpha value is -1.34. The number of amides is 1. The summed E-state index contributed by atoms with van der Waals surface area (Å²) in [6.07, 6.45) is 5.80. The van der Waals surface area contributed by atoms with Crippen molar-refractivity contribution in [2.45, 2.75) is 44.9 Å². The molecule has 1 aromatic rings. The molecule has 242 valence electrons. The minimum Gasteiger partial charge on any atom is -0.379 e. The summed E-state index contributed by atoms with van der Waals surface area (Å²) in [4.78, 5) is 27.0. The van der Waals surface area contributed by atoms with E-state index in [0.717, 1.165) is 43.7 Å². The quantitative estimate of drug-likeness (QED) is 0.0710. The number of ether oxygens (including phenoxy) is 6. The largest absolute Gasteiger partial charge is 0.379 e. The van der Waals surface area contributed by atoms with Crippen LogP contribution in [0.2, 0.25) is 0 Å². The van der Waals surface area contributed by atoms with E-state index in [1.165, 1.54) is 0 Å². The van der Waals surface area contributed by atoms with E-state index in [9.17, 15) is 9.59 Å². The number of halogens is 2. The molecule has 0 aliphatic heterocycles. The number of carbonyl (C=O) groups is 2. The van der Waals surface area contributed by atoms with Gasteiger partial charge >= 0.3 is 0 Å². The molecule has 0 bridgehead atoms. The molecule has 0 saturated heterocycles. The zero-order valence-corrected chi connectivity index (χ0v) is 26.4. The molecule has 0 radical (unpaired) electrons. The highest BCUT2D eigenvalue weighted by molar-refractivity contribution is 6.17. The highest BCUT2D eigenvalue weighted by Gasteiger charge is 2.07. The molecule has 0 aromatic heterocycles. The number of aryl methyl sites for hydroxylation is 1. The van der Waals surface area contributed by atoms with Crippen molar-refractivity contribution in [2.75, 3.05) is 98.3 Å². The topological polar surface area (TPSA) is 114 Å². The second-order valence-corrected chi connectivity index (χ2v) is 10.0. The fraction of sp³-hybridized carbons (Fsp3) is 0.733. The van der Waals surface area contributed by atoms with Crippen LogP contribution in [0.1, 0.15) is 54.4 Å². The van der Waals surface area contributed by atoms with Crippen LogP contribution in [0, 0.1) is 0 Å². The van der Waals surface area contributed by atoms with E-state index in [1.54, 1.807) is 12.1 Å². The molecular weight excluding hydrogens is 587 g/mol. The zero-order valence-electron chi connectivity index (χ0n) is 24.9. The molecule has 42 heavy (non-hydrogen) atoms. The summed E-state index contributed by atoms with van der Waals surface area (Å²) < 4.78 is 32.6. The molecule has 0 atom stereocenters. The van der Waals surface area contributed by atoms with E-state index >= 15 is 0 Å². The molecule has 0 heterocycles. The second kappa shape index (κ2) is 29.7. The number of hydrogen-bond acceptors (Lipinski definition) is 9. The number of nitrogens with one attached hydrogen (secondary N) is 2. The first kappa shape index (κ1) is 38.7. The molecule has 0 aliphatic carbocycles. The van der Waals surface area contributed by atoms with Crippen molar-refractivity contribution in [3.63, 3.8) is 0 Å². The SMILES string of the molecule is O=C(CCOCCOCCOCCOCCNCl)CCc1ccc(C(=O)NCCOCCOCCCCCCCl)cc1. The third-order valence-corrected chi connectivity index (χ3v) is 6.42. The Morgan fingerprint density at radius 2 is 1.12 bits per heavy atom. The van der Waals surface area contributed by atoms with Gasteiger partial charge in [0.05, 0.1) is 72.7 Å². The van der Waals surface area contributed by atoms with E-state index in [1.807, 2.05) is 12.1 Å². The van der Waals surface area contributed by atoms with E-state index in [0.29, 0.717) is 111 Å². The van der Waals surface area contributed by atoms with Gasteiger partial charge < -0.3 is 33.7 Å². The Morgan fingerprint density at radius 3 is 1.71 bits per heavy atom. The standard InChI is InChI=1S/C30H50Cl2N2O8/c31-12-3-1-2-4-15-37-19-21-39-17-13-33-30(36)28-8-5-27(6-9-28)7-10-29(35)11-16-38-20-23-41-25-26-42-24-22-40-18-14-34-32/h5-6,8-9,34H,1-4,7,10-26H2,(H,33,36). The van der Waals surface area contributed by atoms with Crippen molar-refractivity contribution in [3.05, 3.63) is 35.4 Å². The molecule has 0 fully saturated rings. The van der Waals surface area contributed by atoms with Crippen LogP contribution >= 0.6 is 23.4 Å². The van der Waals surface area contributed by atoms with Crippen molar-refractivity contribution in [3.8, 4) is 0 Å². The fourth-order valence-corrected chi connectivity index (χ4v) is 3.87. The van der Waals surface area contributed by atoms with Gasteiger partial charge in [-0.25, -0.2) is 4.84 Å². The third-order valence-electron chi connectivity index (χ3n) is 5.97. The van der Waals surface area contributed by atoms with Crippen molar-refractivity contribution in [2.24, 2.45) is 0 Å². The normalized spacial score (nSPS) is 11.2. The van der Waals surface area contributed by atoms with Crippen molar-refractivity contribution in [1.29, 1.82) is 0 Å². The molecule has 1 amide bonds. The summed E-state index contributed by atoms with van der Waals surface area (Å²) in [5.74, 6) is 0.715. The predicted molar refractivity (Wildman–Crippen MR) is 165 cm³/mol. The van der Waals surface area contributed by atoms with E-state index in [4.69, 9.17) is 51.8 Å². The molecule has 10 nitrogen and oxygen atoms in total. The molecule has 0 spiro atoms. The average molecular weight is 638 g/mol. The van der Waals surface area contributed by atoms with Crippen molar-refractivity contribution >= 4 is 35.1 Å². The van der Waals surface area contributed by atoms with Gasteiger partial charge in [-0.05, 0) is 48.7 Å². The number of unbranched alkanes of at least 4 members (excludes halogenated alkanes) is 3. The molecule has 0 aliphatic rings. The van der Waals surface area contributed by atoms with Crippen LogP contribution < -0.4 is 10.2 Å². The summed E-state index contributed by atoms with van der Waals surface area (Å²) in [6, 6.07) is 7.32. The molecule has 0 unspecified atom stereocenters. The minimum absolute atomic E-state index is 0.142. The monoisotopic (exact) mass is 636 g/mol. The lowest BCUT2D eigenvalue weighted by molar-refractivity contribution is -0.120. The number of alkyl halides is 1. The first-order valence-electron chi connectivity index (χ1n) is 14.9. The maximum Gasteiger partial charge on any atom is 0.251 e. The molecule has 0 saturated carbocycles. The minimum atomic E-state index is -0.149. The molecule has 2 N–H and O–H groups in total.